The fourth-order valence-electron chi connectivity index (χ4n) is 1.84. The molecule has 0 bridgehead atoms. The number of aliphatic hydroxyl groups is 1. The largest absolute Gasteiger partial charge is 0.395 e. The van der Waals surface area contributed by atoms with Crippen molar-refractivity contribution in [2.24, 2.45) is 5.92 Å². The first kappa shape index (κ1) is 12.5. The molecule has 1 aliphatic heterocycles. The summed E-state index contributed by atoms with van der Waals surface area (Å²) >= 11 is 0. The van der Waals surface area contributed by atoms with Crippen LogP contribution in [0.4, 0.5) is 0 Å². The van der Waals surface area contributed by atoms with Crippen molar-refractivity contribution in [3.05, 3.63) is 0 Å². The lowest BCUT2D eigenvalue weighted by molar-refractivity contribution is -0.133. The third-order valence-electron chi connectivity index (χ3n) is 2.72. The summed E-state index contributed by atoms with van der Waals surface area (Å²) < 4.78 is 0. The van der Waals surface area contributed by atoms with Crippen molar-refractivity contribution in [1.82, 2.24) is 9.80 Å². The highest BCUT2D eigenvalue weighted by Crippen LogP contribution is 2.07. The molecule has 88 valence electrons. The number of aliphatic hydroxyl groups excluding tert-OH is 1. The first-order valence-electron chi connectivity index (χ1n) is 5.74. The molecule has 0 radical (unpaired) electrons. The van der Waals surface area contributed by atoms with E-state index in [1.165, 1.54) is 0 Å². The minimum Gasteiger partial charge on any atom is -0.395 e. The lowest BCUT2D eigenvalue weighted by atomic mass is 10.1. The molecule has 0 spiro atoms. The van der Waals surface area contributed by atoms with Crippen molar-refractivity contribution in [1.29, 1.82) is 0 Å². The zero-order valence-electron chi connectivity index (χ0n) is 9.78. The Morgan fingerprint density at radius 3 is 2.33 bits per heavy atom. The molecule has 0 aromatic carbocycles. The van der Waals surface area contributed by atoms with Crippen molar-refractivity contribution in [2.75, 3.05) is 39.3 Å². The van der Waals surface area contributed by atoms with E-state index in [1.807, 2.05) is 4.90 Å². The minimum absolute atomic E-state index is 0.208. The van der Waals surface area contributed by atoms with Crippen molar-refractivity contribution in [3.63, 3.8) is 0 Å². The predicted octanol–water partition coefficient (Wildman–Crippen LogP) is 0.169. The molecule has 0 unspecified atom stereocenters. The van der Waals surface area contributed by atoms with Gasteiger partial charge in [0.15, 0.2) is 0 Å². The summed E-state index contributed by atoms with van der Waals surface area (Å²) in [6, 6.07) is 0. The monoisotopic (exact) mass is 214 g/mol. The van der Waals surface area contributed by atoms with Gasteiger partial charge >= 0.3 is 0 Å². The Kier molecular flexibility index (Phi) is 5.05. The van der Waals surface area contributed by atoms with Crippen LogP contribution >= 0.6 is 0 Å². The van der Waals surface area contributed by atoms with E-state index >= 15 is 0 Å². The lowest BCUT2D eigenvalue weighted by Crippen LogP contribution is -2.49. The van der Waals surface area contributed by atoms with E-state index in [4.69, 9.17) is 5.11 Å². The highest BCUT2D eigenvalue weighted by molar-refractivity contribution is 5.76. The number of carbonyl (C=O) groups is 1. The number of nitrogens with zero attached hydrogens (tertiary/aromatic N) is 2. The SMILES string of the molecule is CC(C)CC(=O)N1CCN(CCO)CC1. The molecule has 1 saturated heterocycles. The van der Waals surface area contributed by atoms with E-state index in [2.05, 4.69) is 18.7 Å². The molecule has 1 rings (SSSR count). The first-order valence-corrected chi connectivity index (χ1v) is 5.74. The van der Waals surface area contributed by atoms with E-state index < -0.39 is 0 Å². The highest BCUT2D eigenvalue weighted by atomic mass is 16.3. The van der Waals surface area contributed by atoms with E-state index in [9.17, 15) is 4.79 Å². The van der Waals surface area contributed by atoms with Gasteiger partial charge in [-0.15, -0.1) is 0 Å². The van der Waals surface area contributed by atoms with Gasteiger partial charge in [0.05, 0.1) is 6.61 Å². The Labute approximate surface area is 91.9 Å². The molecular weight excluding hydrogens is 192 g/mol. The number of hydrogen-bond donors (Lipinski definition) is 1. The van der Waals surface area contributed by atoms with Gasteiger partial charge in [0.1, 0.15) is 0 Å². The van der Waals surface area contributed by atoms with Crippen molar-refractivity contribution in [2.45, 2.75) is 20.3 Å². The molecule has 0 saturated carbocycles. The highest BCUT2D eigenvalue weighted by Gasteiger charge is 2.20. The van der Waals surface area contributed by atoms with Crippen molar-refractivity contribution >= 4 is 5.91 Å². The molecule has 0 aliphatic carbocycles. The fraction of sp³-hybridized carbons (Fsp3) is 0.909. The molecule has 4 heteroatoms. The summed E-state index contributed by atoms with van der Waals surface area (Å²) in [6.45, 7) is 8.48. The number of piperazine rings is 1. The Balaban J connectivity index is 2.27. The molecule has 1 fully saturated rings. The summed E-state index contributed by atoms with van der Waals surface area (Å²) in [5.74, 6) is 0.710. The van der Waals surface area contributed by atoms with Gasteiger partial charge in [-0.2, -0.15) is 0 Å². The topological polar surface area (TPSA) is 43.8 Å². The summed E-state index contributed by atoms with van der Waals surface area (Å²) in [7, 11) is 0. The summed E-state index contributed by atoms with van der Waals surface area (Å²) in [4.78, 5) is 15.9. The van der Waals surface area contributed by atoms with Crippen LogP contribution in [0.25, 0.3) is 0 Å². The molecular formula is C11H22N2O2. The molecule has 15 heavy (non-hydrogen) atoms. The van der Waals surface area contributed by atoms with E-state index in [-0.39, 0.29) is 12.5 Å². The van der Waals surface area contributed by atoms with E-state index in [0.717, 1.165) is 32.7 Å². The Morgan fingerprint density at radius 2 is 1.87 bits per heavy atom. The van der Waals surface area contributed by atoms with Gasteiger partial charge in [0.2, 0.25) is 5.91 Å². The molecule has 1 aliphatic rings. The van der Waals surface area contributed by atoms with Crippen molar-refractivity contribution < 1.29 is 9.90 Å². The third kappa shape index (κ3) is 4.18. The maximum atomic E-state index is 11.7. The third-order valence-corrected chi connectivity index (χ3v) is 2.72. The van der Waals surface area contributed by atoms with Crippen LogP contribution in [0.5, 0.6) is 0 Å². The van der Waals surface area contributed by atoms with Crippen LogP contribution in [-0.4, -0.2) is 60.1 Å². The second-order valence-corrected chi connectivity index (χ2v) is 4.54. The smallest absolute Gasteiger partial charge is 0.222 e. The van der Waals surface area contributed by atoms with Gasteiger partial charge in [0.25, 0.3) is 0 Å². The zero-order chi connectivity index (χ0) is 11.3. The number of amides is 1. The molecule has 0 aromatic heterocycles. The second-order valence-electron chi connectivity index (χ2n) is 4.54. The lowest BCUT2D eigenvalue weighted by Gasteiger charge is -2.34. The van der Waals surface area contributed by atoms with E-state index in [0.29, 0.717) is 12.3 Å². The van der Waals surface area contributed by atoms with Crippen LogP contribution in [0.15, 0.2) is 0 Å². The average molecular weight is 214 g/mol. The molecule has 0 aromatic rings. The van der Waals surface area contributed by atoms with Gasteiger partial charge in [0, 0.05) is 39.1 Å². The summed E-state index contributed by atoms with van der Waals surface area (Å²) in [5.41, 5.74) is 0. The molecule has 4 nitrogen and oxygen atoms in total. The number of β-amino-alcohol motifs (C(OH)–C–C–N with tert-alkyl or cyclic N) is 1. The Hall–Kier alpha value is -0.610. The molecule has 1 amide bonds. The van der Waals surface area contributed by atoms with Gasteiger partial charge in [-0.25, -0.2) is 0 Å². The van der Waals surface area contributed by atoms with Crippen LogP contribution in [0.2, 0.25) is 0 Å². The summed E-state index contributed by atoms with van der Waals surface area (Å²) in [6.07, 6.45) is 0.653. The first-order chi connectivity index (χ1) is 7.13. The fourth-order valence-corrected chi connectivity index (χ4v) is 1.84. The van der Waals surface area contributed by atoms with Crippen LogP contribution in [0.3, 0.4) is 0 Å². The van der Waals surface area contributed by atoms with Gasteiger partial charge in [-0.05, 0) is 5.92 Å². The maximum Gasteiger partial charge on any atom is 0.222 e. The predicted molar refractivity (Wildman–Crippen MR) is 59.6 cm³/mol. The Morgan fingerprint density at radius 1 is 1.27 bits per heavy atom. The van der Waals surface area contributed by atoms with Crippen LogP contribution in [-0.2, 0) is 4.79 Å². The maximum absolute atomic E-state index is 11.7. The zero-order valence-corrected chi connectivity index (χ0v) is 9.78. The van der Waals surface area contributed by atoms with Gasteiger partial charge < -0.3 is 10.0 Å². The van der Waals surface area contributed by atoms with Crippen LogP contribution < -0.4 is 0 Å². The quantitative estimate of drug-likeness (QED) is 0.725. The van der Waals surface area contributed by atoms with Crippen LogP contribution in [0.1, 0.15) is 20.3 Å². The van der Waals surface area contributed by atoms with E-state index in [1.54, 1.807) is 0 Å². The molecule has 0 atom stereocenters. The normalized spacial score (nSPS) is 18.5. The standard InChI is InChI=1S/C11H22N2O2/c1-10(2)9-11(15)13-5-3-12(4-6-13)7-8-14/h10,14H,3-9H2,1-2H3. The minimum atomic E-state index is 0.208. The number of rotatable bonds is 4. The second kappa shape index (κ2) is 6.08. The molecule has 1 N–H and O–H groups in total. The van der Waals surface area contributed by atoms with Crippen LogP contribution in [0, 0.1) is 5.92 Å². The van der Waals surface area contributed by atoms with Gasteiger partial charge in [-0.1, -0.05) is 13.8 Å². The molecule has 1 heterocycles. The summed E-state index contributed by atoms with van der Waals surface area (Å²) in [5, 5.41) is 8.79. The Bertz CT molecular complexity index is 199. The number of carbonyl (C=O) groups excluding carboxylic acids is 1. The average Bonchev–Trinajstić information content (AvgIpc) is 2.18. The van der Waals surface area contributed by atoms with Crippen molar-refractivity contribution in [3.8, 4) is 0 Å². The van der Waals surface area contributed by atoms with Gasteiger partial charge in [-0.3, -0.25) is 9.69 Å². The number of hydrogen-bond acceptors (Lipinski definition) is 3.